The van der Waals surface area contributed by atoms with E-state index in [9.17, 15) is 0 Å². The van der Waals surface area contributed by atoms with Gasteiger partial charge in [-0.2, -0.15) is 0 Å². The van der Waals surface area contributed by atoms with Crippen LogP contribution in [0.4, 0.5) is 0 Å². The first-order valence-electron chi connectivity index (χ1n) is 6.87. The largest absolute Gasteiger partial charge is 0.495 e. The first kappa shape index (κ1) is 15.6. The predicted molar refractivity (Wildman–Crippen MR) is 81.4 cm³/mol. The summed E-state index contributed by atoms with van der Waals surface area (Å²) in [5.41, 5.74) is 7.11. The molecule has 4 nitrogen and oxygen atoms in total. The summed E-state index contributed by atoms with van der Waals surface area (Å²) < 4.78 is 10.8. The van der Waals surface area contributed by atoms with Crippen molar-refractivity contribution < 1.29 is 9.47 Å². The molecule has 0 aliphatic carbocycles. The van der Waals surface area contributed by atoms with Crippen LogP contribution in [-0.2, 0) is 4.74 Å². The van der Waals surface area contributed by atoms with Gasteiger partial charge < -0.3 is 15.2 Å². The quantitative estimate of drug-likeness (QED) is 0.927. The van der Waals surface area contributed by atoms with Crippen molar-refractivity contribution in [1.82, 2.24) is 4.90 Å². The summed E-state index contributed by atoms with van der Waals surface area (Å²) in [4.78, 5) is 2.40. The Morgan fingerprint density at radius 1 is 1.50 bits per heavy atom. The molecule has 1 saturated heterocycles. The van der Waals surface area contributed by atoms with Crippen molar-refractivity contribution in [2.75, 3.05) is 33.4 Å². The predicted octanol–water partition coefficient (Wildman–Crippen LogP) is 2.46. The molecule has 0 bridgehead atoms. The second kappa shape index (κ2) is 6.31. The molecule has 20 heavy (non-hydrogen) atoms. The van der Waals surface area contributed by atoms with Gasteiger partial charge in [0.15, 0.2) is 0 Å². The molecule has 112 valence electrons. The Bertz CT molecular complexity index is 465. The lowest BCUT2D eigenvalue weighted by Crippen LogP contribution is -2.55. The molecule has 0 amide bonds. The Morgan fingerprint density at radius 3 is 2.80 bits per heavy atom. The maximum Gasteiger partial charge on any atom is 0.137 e. The lowest BCUT2D eigenvalue weighted by molar-refractivity contribution is -0.0712. The normalized spacial score (nSPS) is 20.6. The van der Waals surface area contributed by atoms with E-state index in [1.54, 1.807) is 7.11 Å². The molecule has 1 aliphatic heterocycles. The van der Waals surface area contributed by atoms with Gasteiger partial charge in [0.25, 0.3) is 0 Å². The maximum absolute atomic E-state index is 6.23. The summed E-state index contributed by atoms with van der Waals surface area (Å²) in [6.45, 7) is 7.24. The zero-order chi connectivity index (χ0) is 14.8. The third-order valence-corrected chi connectivity index (χ3v) is 4.16. The standard InChI is InChI=1S/C15H23ClN2O2/c1-15(2)10-20-7-6-18(15)13(9-17)11-4-5-14(19-3)12(16)8-11/h4-5,8,13H,6-7,9-10,17H2,1-3H3. The lowest BCUT2D eigenvalue weighted by Gasteiger charge is -2.46. The van der Waals surface area contributed by atoms with E-state index in [0.717, 1.165) is 18.7 Å². The molecule has 0 radical (unpaired) electrons. The third-order valence-electron chi connectivity index (χ3n) is 3.87. The Morgan fingerprint density at radius 2 is 2.25 bits per heavy atom. The highest BCUT2D eigenvalue weighted by Crippen LogP contribution is 2.33. The Labute approximate surface area is 125 Å². The monoisotopic (exact) mass is 298 g/mol. The molecule has 1 heterocycles. The van der Waals surface area contributed by atoms with Gasteiger partial charge >= 0.3 is 0 Å². The number of hydrogen-bond donors (Lipinski definition) is 1. The fourth-order valence-corrected chi connectivity index (χ4v) is 3.05. The first-order valence-corrected chi connectivity index (χ1v) is 7.25. The molecule has 1 atom stereocenters. The highest BCUT2D eigenvalue weighted by Gasteiger charge is 2.35. The van der Waals surface area contributed by atoms with E-state index in [4.69, 9.17) is 26.8 Å². The summed E-state index contributed by atoms with van der Waals surface area (Å²) >= 11 is 6.23. The highest BCUT2D eigenvalue weighted by atomic mass is 35.5. The van der Waals surface area contributed by atoms with Crippen molar-refractivity contribution in [3.8, 4) is 5.75 Å². The van der Waals surface area contributed by atoms with E-state index in [-0.39, 0.29) is 11.6 Å². The number of methoxy groups -OCH3 is 1. The van der Waals surface area contributed by atoms with Crippen molar-refractivity contribution in [3.63, 3.8) is 0 Å². The van der Waals surface area contributed by atoms with Crippen LogP contribution in [0.1, 0.15) is 25.5 Å². The van der Waals surface area contributed by atoms with Crippen LogP contribution in [0, 0.1) is 0 Å². The summed E-state index contributed by atoms with van der Waals surface area (Å²) in [6.07, 6.45) is 0. The Balaban J connectivity index is 2.29. The minimum absolute atomic E-state index is 0.0330. The molecule has 1 aromatic carbocycles. The number of morpholine rings is 1. The van der Waals surface area contributed by atoms with E-state index >= 15 is 0 Å². The molecule has 2 rings (SSSR count). The minimum atomic E-state index is -0.0330. The minimum Gasteiger partial charge on any atom is -0.495 e. The molecule has 2 N–H and O–H groups in total. The highest BCUT2D eigenvalue weighted by molar-refractivity contribution is 6.32. The van der Waals surface area contributed by atoms with Gasteiger partial charge in [-0.3, -0.25) is 4.90 Å². The SMILES string of the molecule is COc1ccc(C(CN)N2CCOCC2(C)C)cc1Cl. The summed E-state index contributed by atoms with van der Waals surface area (Å²) in [5, 5.41) is 0.620. The van der Waals surface area contributed by atoms with E-state index in [1.165, 1.54) is 0 Å². The molecule has 1 aliphatic rings. The molecule has 0 saturated carbocycles. The van der Waals surface area contributed by atoms with Crippen LogP contribution in [0.2, 0.25) is 5.02 Å². The molecule has 1 aromatic rings. The van der Waals surface area contributed by atoms with Crippen molar-refractivity contribution in [1.29, 1.82) is 0 Å². The van der Waals surface area contributed by atoms with Crippen LogP contribution in [0.25, 0.3) is 0 Å². The van der Waals surface area contributed by atoms with Gasteiger partial charge in [0, 0.05) is 24.7 Å². The lowest BCUT2D eigenvalue weighted by atomic mass is 9.95. The van der Waals surface area contributed by atoms with E-state index in [1.807, 2.05) is 18.2 Å². The number of hydrogen-bond acceptors (Lipinski definition) is 4. The van der Waals surface area contributed by atoms with Crippen LogP contribution < -0.4 is 10.5 Å². The summed E-state index contributed by atoms with van der Waals surface area (Å²) in [7, 11) is 1.62. The first-order chi connectivity index (χ1) is 9.49. The summed E-state index contributed by atoms with van der Waals surface area (Å²) in [5.74, 6) is 0.687. The van der Waals surface area contributed by atoms with Gasteiger partial charge in [-0.1, -0.05) is 17.7 Å². The fourth-order valence-electron chi connectivity index (χ4n) is 2.78. The van der Waals surface area contributed by atoms with Gasteiger partial charge in [0.1, 0.15) is 5.75 Å². The van der Waals surface area contributed by atoms with Gasteiger partial charge in [-0.05, 0) is 31.5 Å². The van der Waals surface area contributed by atoms with Crippen molar-refractivity contribution in [2.45, 2.75) is 25.4 Å². The van der Waals surface area contributed by atoms with Crippen LogP contribution in [-0.4, -0.2) is 43.9 Å². The molecule has 0 aromatic heterocycles. The molecule has 1 unspecified atom stereocenters. The maximum atomic E-state index is 6.23. The Hall–Kier alpha value is -0.810. The molecule has 5 heteroatoms. The van der Waals surface area contributed by atoms with E-state index in [0.29, 0.717) is 23.9 Å². The second-order valence-electron chi connectivity index (χ2n) is 5.70. The molecule has 1 fully saturated rings. The van der Waals surface area contributed by atoms with Crippen LogP contribution in [0.3, 0.4) is 0 Å². The number of nitrogens with two attached hydrogens (primary N) is 1. The van der Waals surface area contributed by atoms with Gasteiger partial charge in [0.05, 0.1) is 25.3 Å². The van der Waals surface area contributed by atoms with E-state index in [2.05, 4.69) is 18.7 Å². The van der Waals surface area contributed by atoms with Crippen molar-refractivity contribution >= 4 is 11.6 Å². The third kappa shape index (κ3) is 3.09. The van der Waals surface area contributed by atoms with Crippen LogP contribution in [0.5, 0.6) is 5.75 Å². The second-order valence-corrected chi connectivity index (χ2v) is 6.11. The number of rotatable bonds is 4. The van der Waals surface area contributed by atoms with Gasteiger partial charge in [-0.15, -0.1) is 0 Å². The van der Waals surface area contributed by atoms with Crippen molar-refractivity contribution in [3.05, 3.63) is 28.8 Å². The smallest absolute Gasteiger partial charge is 0.137 e. The Kier molecular flexibility index (Phi) is 4.91. The molecule has 0 spiro atoms. The molecular weight excluding hydrogens is 276 g/mol. The topological polar surface area (TPSA) is 47.7 Å². The average Bonchev–Trinajstić information content (AvgIpc) is 2.41. The number of nitrogens with zero attached hydrogens (tertiary/aromatic N) is 1. The number of halogens is 1. The zero-order valence-electron chi connectivity index (χ0n) is 12.4. The van der Waals surface area contributed by atoms with Gasteiger partial charge in [-0.25, -0.2) is 0 Å². The fraction of sp³-hybridized carbons (Fsp3) is 0.600. The van der Waals surface area contributed by atoms with Crippen molar-refractivity contribution in [2.24, 2.45) is 5.73 Å². The molecular formula is C15H23ClN2O2. The number of benzene rings is 1. The van der Waals surface area contributed by atoms with E-state index < -0.39 is 0 Å². The average molecular weight is 299 g/mol. The number of ether oxygens (including phenoxy) is 2. The van der Waals surface area contributed by atoms with Crippen LogP contribution >= 0.6 is 11.6 Å². The zero-order valence-corrected chi connectivity index (χ0v) is 13.1. The summed E-state index contributed by atoms with van der Waals surface area (Å²) in [6, 6.07) is 6.02. The van der Waals surface area contributed by atoms with Crippen LogP contribution in [0.15, 0.2) is 18.2 Å². The van der Waals surface area contributed by atoms with Gasteiger partial charge in [0.2, 0.25) is 0 Å².